The van der Waals surface area contributed by atoms with Crippen molar-refractivity contribution in [2.24, 2.45) is 11.7 Å². The van der Waals surface area contributed by atoms with Crippen molar-refractivity contribution in [1.82, 2.24) is 15.3 Å². The van der Waals surface area contributed by atoms with Crippen LogP contribution in [0.25, 0.3) is 5.57 Å². The SMILES string of the molecule is Cc1cc(C)nc(C(=CN)C(=O)NCC(C)C)n1. The van der Waals surface area contributed by atoms with E-state index in [0.717, 1.165) is 11.4 Å². The molecule has 3 N–H and O–H groups in total. The molecule has 0 aliphatic carbocycles. The van der Waals surface area contributed by atoms with Gasteiger partial charge in [-0.25, -0.2) is 9.97 Å². The summed E-state index contributed by atoms with van der Waals surface area (Å²) in [6.07, 6.45) is 1.25. The fraction of sp³-hybridized carbons (Fsp3) is 0.462. The van der Waals surface area contributed by atoms with Crippen molar-refractivity contribution in [3.8, 4) is 0 Å². The molecular formula is C13H20N4O. The molecular weight excluding hydrogens is 228 g/mol. The number of nitrogens with zero attached hydrogens (tertiary/aromatic N) is 2. The maximum Gasteiger partial charge on any atom is 0.256 e. The maximum atomic E-state index is 12.0. The number of carbonyl (C=O) groups is 1. The Bertz CT molecular complexity index is 446. The highest BCUT2D eigenvalue weighted by atomic mass is 16.1. The van der Waals surface area contributed by atoms with Crippen molar-refractivity contribution < 1.29 is 4.79 Å². The molecule has 5 nitrogen and oxygen atoms in total. The summed E-state index contributed by atoms with van der Waals surface area (Å²) in [6, 6.07) is 1.85. The minimum absolute atomic E-state index is 0.240. The van der Waals surface area contributed by atoms with Gasteiger partial charge in [0.1, 0.15) is 0 Å². The maximum absolute atomic E-state index is 12.0. The minimum atomic E-state index is -0.240. The monoisotopic (exact) mass is 248 g/mol. The third kappa shape index (κ3) is 3.84. The van der Waals surface area contributed by atoms with E-state index in [-0.39, 0.29) is 5.91 Å². The molecule has 0 fully saturated rings. The fourth-order valence-electron chi connectivity index (χ4n) is 1.49. The van der Waals surface area contributed by atoms with Crippen LogP contribution < -0.4 is 11.1 Å². The average Bonchev–Trinajstić information content (AvgIpc) is 2.26. The highest BCUT2D eigenvalue weighted by Gasteiger charge is 2.15. The second-order valence-corrected chi connectivity index (χ2v) is 4.66. The topological polar surface area (TPSA) is 80.9 Å². The number of carbonyl (C=O) groups excluding carboxylic acids is 1. The number of hydrogen-bond acceptors (Lipinski definition) is 4. The molecule has 98 valence electrons. The zero-order valence-electron chi connectivity index (χ0n) is 11.3. The largest absolute Gasteiger partial charge is 0.404 e. The van der Waals surface area contributed by atoms with E-state index in [4.69, 9.17) is 5.73 Å². The van der Waals surface area contributed by atoms with Crippen LogP contribution in [0.5, 0.6) is 0 Å². The Kier molecular flexibility index (Phi) is 4.83. The van der Waals surface area contributed by atoms with Crippen LogP contribution in [0.2, 0.25) is 0 Å². The standard InChI is InChI=1S/C13H20N4O/c1-8(2)7-15-13(18)11(6-14)12-16-9(3)5-10(4)17-12/h5-6,8H,7,14H2,1-4H3,(H,15,18). The van der Waals surface area contributed by atoms with Crippen LogP contribution in [0.3, 0.4) is 0 Å². The summed E-state index contributed by atoms with van der Waals surface area (Å²) in [4.78, 5) is 20.4. The Morgan fingerprint density at radius 3 is 2.39 bits per heavy atom. The molecule has 0 unspecified atom stereocenters. The van der Waals surface area contributed by atoms with Crippen molar-refractivity contribution >= 4 is 11.5 Å². The highest BCUT2D eigenvalue weighted by Crippen LogP contribution is 2.10. The Balaban J connectivity index is 2.93. The van der Waals surface area contributed by atoms with Crippen LogP contribution in [0.1, 0.15) is 31.1 Å². The van der Waals surface area contributed by atoms with E-state index in [1.807, 2.05) is 33.8 Å². The van der Waals surface area contributed by atoms with Gasteiger partial charge >= 0.3 is 0 Å². The molecule has 0 saturated heterocycles. The van der Waals surface area contributed by atoms with Crippen LogP contribution in [-0.2, 0) is 4.79 Å². The summed E-state index contributed by atoms with van der Waals surface area (Å²) in [7, 11) is 0. The molecule has 1 amide bonds. The lowest BCUT2D eigenvalue weighted by molar-refractivity contribution is -0.115. The molecule has 0 radical (unpaired) electrons. The summed E-state index contributed by atoms with van der Waals surface area (Å²) in [5.41, 5.74) is 7.44. The van der Waals surface area contributed by atoms with Crippen molar-refractivity contribution in [3.63, 3.8) is 0 Å². The summed E-state index contributed by atoms with van der Waals surface area (Å²) in [5.74, 6) is 0.514. The lowest BCUT2D eigenvalue weighted by Gasteiger charge is -2.10. The number of amides is 1. The first-order valence-corrected chi connectivity index (χ1v) is 5.96. The third-order valence-corrected chi connectivity index (χ3v) is 2.31. The molecule has 0 aromatic carbocycles. The normalized spacial score (nSPS) is 11.7. The number of nitrogens with one attached hydrogen (secondary N) is 1. The Hall–Kier alpha value is -1.91. The first kappa shape index (κ1) is 14.2. The van der Waals surface area contributed by atoms with Crippen LogP contribution in [0.15, 0.2) is 12.3 Å². The minimum Gasteiger partial charge on any atom is -0.404 e. The highest BCUT2D eigenvalue weighted by molar-refractivity contribution is 6.18. The fourth-order valence-corrected chi connectivity index (χ4v) is 1.49. The van der Waals surface area contributed by atoms with E-state index < -0.39 is 0 Å². The quantitative estimate of drug-likeness (QED) is 0.784. The Morgan fingerprint density at radius 1 is 1.39 bits per heavy atom. The van der Waals surface area contributed by atoms with Crippen molar-refractivity contribution in [2.45, 2.75) is 27.7 Å². The van der Waals surface area contributed by atoms with E-state index in [1.165, 1.54) is 6.20 Å². The number of nitrogens with two attached hydrogens (primary N) is 1. The van der Waals surface area contributed by atoms with E-state index in [0.29, 0.717) is 23.9 Å². The van der Waals surface area contributed by atoms with Crippen LogP contribution in [0, 0.1) is 19.8 Å². The Labute approximate surface area is 108 Å². The van der Waals surface area contributed by atoms with Gasteiger partial charge in [-0.05, 0) is 25.8 Å². The van der Waals surface area contributed by atoms with E-state index in [1.54, 1.807) is 0 Å². The summed E-state index contributed by atoms with van der Waals surface area (Å²) < 4.78 is 0. The first-order valence-electron chi connectivity index (χ1n) is 5.96. The molecule has 0 spiro atoms. The van der Waals surface area contributed by atoms with Crippen LogP contribution >= 0.6 is 0 Å². The molecule has 1 aromatic heterocycles. The van der Waals surface area contributed by atoms with E-state index >= 15 is 0 Å². The second-order valence-electron chi connectivity index (χ2n) is 4.66. The average molecular weight is 248 g/mol. The van der Waals surface area contributed by atoms with Gasteiger partial charge in [0.2, 0.25) is 0 Å². The predicted octanol–water partition coefficient (Wildman–Crippen LogP) is 1.17. The van der Waals surface area contributed by atoms with E-state index in [2.05, 4.69) is 15.3 Å². The van der Waals surface area contributed by atoms with Crippen molar-refractivity contribution in [3.05, 3.63) is 29.5 Å². The van der Waals surface area contributed by atoms with Crippen LogP contribution in [0.4, 0.5) is 0 Å². The molecule has 5 heteroatoms. The lowest BCUT2D eigenvalue weighted by atomic mass is 10.2. The number of hydrogen-bond donors (Lipinski definition) is 2. The van der Waals surface area contributed by atoms with Gasteiger partial charge in [0.25, 0.3) is 5.91 Å². The van der Waals surface area contributed by atoms with E-state index in [9.17, 15) is 4.79 Å². The third-order valence-electron chi connectivity index (χ3n) is 2.31. The van der Waals surface area contributed by atoms with Crippen molar-refractivity contribution in [2.75, 3.05) is 6.54 Å². The molecule has 0 aliphatic rings. The number of aromatic nitrogens is 2. The molecule has 1 aromatic rings. The number of rotatable bonds is 4. The second kappa shape index (κ2) is 6.14. The van der Waals surface area contributed by atoms with Gasteiger partial charge in [-0.1, -0.05) is 13.8 Å². The predicted molar refractivity (Wildman–Crippen MR) is 71.5 cm³/mol. The van der Waals surface area contributed by atoms with Crippen molar-refractivity contribution in [1.29, 1.82) is 0 Å². The van der Waals surface area contributed by atoms with Gasteiger partial charge in [0, 0.05) is 24.1 Å². The summed E-state index contributed by atoms with van der Waals surface area (Å²) >= 11 is 0. The molecule has 0 bridgehead atoms. The number of aryl methyl sites for hydroxylation is 2. The molecule has 0 atom stereocenters. The zero-order valence-corrected chi connectivity index (χ0v) is 11.3. The zero-order chi connectivity index (χ0) is 13.7. The molecule has 0 aliphatic heterocycles. The van der Waals surface area contributed by atoms with Gasteiger partial charge in [-0.3, -0.25) is 4.79 Å². The summed E-state index contributed by atoms with van der Waals surface area (Å²) in [6.45, 7) is 8.37. The van der Waals surface area contributed by atoms with Gasteiger partial charge < -0.3 is 11.1 Å². The van der Waals surface area contributed by atoms with Gasteiger partial charge in [0.05, 0.1) is 5.57 Å². The Morgan fingerprint density at radius 2 is 1.94 bits per heavy atom. The first-order chi connectivity index (χ1) is 8.43. The van der Waals surface area contributed by atoms with Crippen LogP contribution in [-0.4, -0.2) is 22.4 Å². The van der Waals surface area contributed by atoms with Gasteiger partial charge in [-0.2, -0.15) is 0 Å². The van der Waals surface area contributed by atoms with Gasteiger partial charge in [0.15, 0.2) is 5.82 Å². The lowest BCUT2D eigenvalue weighted by Crippen LogP contribution is -2.29. The molecule has 18 heavy (non-hydrogen) atoms. The molecule has 1 rings (SSSR count). The molecule has 0 saturated carbocycles. The van der Waals surface area contributed by atoms with Gasteiger partial charge in [-0.15, -0.1) is 0 Å². The summed E-state index contributed by atoms with van der Waals surface area (Å²) in [5, 5.41) is 2.80. The smallest absolute Gasteiger partial charge is 0.256 e. The molecule has 1 heterocycles.